The Labute approximate surface area is 108 Å². The standard InChI is InChI=1S/C11H22N2O3S/c1-5-13(7-11(3,4)16)10(15)9(6-17)12-8(2)14/h9,16-17H,5-7H2,1-4H3,(H,12,14). The van der Waals surface area contributed by atoms with Crippen LogP contribution in [0, 0.1) is 0 Å². The van der Waals surface area contributed by atoms with Gasteiger partial charge in [-0.3, -0.25) is 9.59 Å². The minimum Gasteiger partial charge on any atom is -0.389 e. The maximum absolute atomic E-state index is 12.1. The van der Waals surface area contributed by atoms with Crippen molar-refractivity contribution in [1.82, 2.24) is 10.2 Å². The zero-order valence-electron chi connectivity index (χ0n) is 10.9. The van der Waals surface area contributed by atoms with Gasteiger partial charge in [0.2, 0.25) is 11.8 Å². The van der Waals surface area contributed by atoms with Crippen LogP contribution < -0.4 is 5.32 Å². The van der Waals surface area contributed by atoms with Gasteiger partial charge in [0.1, 0.15) is 6.04 Å². The number of amides is 2. The van der Waals surface area contributed by atoms with Crippen molar-refractivity contribution in [3.63, 3.8) is 0 Å². The second-order valence-corrected chi connectivity index (χ2v) is 4.97. The van der Waals surface area contributed by atoms with Crippen LogP contribution in [-0.4, -0.2) is 52.3 Å². The number of hydrogen-bond acceptors (Lipinski definition) is 4. The topological polar surface area (TPSA) is 69.6 Å². The second kappa shape index (κ2) is 6.86. The lowest BCUT2D eigenvalue weighted by molar-refractivity contribution is -0.137. The monoisotopic (exact) mass is 262 g/mol. The van der Waals surface area contributed by atoms with Gasteiger partial charge in [-0.15, -0.1) is 0 Å². The fourth-order valence-electron chi connectivity index (χ4n) is 1.46. The molecule has 0 spiro atoms. The molecule has 17 heavy (non-hydrogen) atoms. The summed E-state index contributed by atoms with van der Waals surface area (Å²) in [5.41, 5.74) is -0.955. The molecule has 100 valence electrons. The van der Waals surface area contributed by atoms with Crippen molar-refractivity contribution in [2.24, 2.45) is 0 Å². The average Bonchev–Trinajstić information content (AvgIpc) is 2.20. The SMILES string of the molecule is CCN(CC(C)(C)O)C(=O)C(CS)NC(C)=O. The smallest absolute Gasteiger partial charge is 0.246 e. The van der Waals surface area contributed by atoms with Gasteiger partial charge in [-0.05, 0) is 20.8 Å². The van der Waals surface area contributed by atoms with Gasteiger partial charge in [-0.2, -0.15) is 12.6 Å². The van der Waals surface area contributed by atoms with Crippen molar-refractivity contribution in [1.29, 1.82) is 0 Å². The largest absolute Gasteiger partial charge is 0.389 e. The Balaban J connectivity index is 4.65. The summed E-state index contributed by atoms with van der Waals surface area (Å²) in [5.74, 6) is -0.252. The van der Waals surface area contributed by atoms with Crippen LogP contribution in [0.4, 0.5) is 0 Å². The van der Waals surface area contributed by atoms with E-state index < -0.39 is 11.6 Å². The normalized spacial score (nSPS) is 13.1. The van der Waals surface area contributed by atoms with Crippen LogP contribution in [0.15, 0.2) is 0 Å². The number of rotatable bonds is 6. The highest BCUT2D eigenvalue weighted by Crippen LogP contribution is 2.07. The van der Waals surface area contributed by atoms with Crippen molar-refractivity contribution >= 4 is 24.4 Å². The predicted octanol–water partition coefficient (Wildman–Crippen LogP) is 0.0403. The van der Waals surface area contributed by atoms with Crippen molar-refractivity contribution in [2.75, 3.05) is 18.8 Å². The fourth-order valence-corrected chi connectivity index (χ4v) is 1.71. The molecule has 0 fully saturated rings. The molecule has 0 heterocycles. The summed E-state index contributed by atoms with van der Waals surface area (Å²) in [6.07, 6.45) is 0. The molecule has 0 aliphatic carbocycles. The fraction of sp³-hybridized carbons (Fsp3) is 0.818. The highest BCUT2D eigenvalue weighted by Gasteiger charge is 2.26. The minimum atomic E-state index is -0.955. The molecule has 2 N–H and O–H groups in total. The van der Waals surface area contributed by atoms with Crippen LogP contribution in [-0.2, 0) is 9.59 Å². The predicted molar refractivity (Wildman–Crippen MR) is 70.0 cm³/mol. The van der Waals surface area contributed by atoms with Crippen LogP contribution in [0.1, 0.15) is 27.7 Å². The second-order valence-electron chi connectivity index (χ2n) is 4.60. The molecule has 2 amide bonds. The molecule has 1 unspecified atom stereocenters. The van der Waals surface area contributed by atoms with Gasteiger partial charge < -0.3 is 15.3 Å². The molecule has 0 aromatic rings. The summed E-state index contributed by atoms with van der Waals surface area (Å²) >= 11 is 4.05. The minimum absolute atomic E-state index is 0.222. The van der Waals surface area contributed by atoms with E-state index in [4.69, 9.17) is 0 Å². The molecule has 0 saturated carbocycles. The Morgan fingerprint density at radius 1 is 1.47 bits per heavy atom. The van der Waals surface area contributed by atoms with Crippen LogP contribution in [0.5, 0.6) is 0 Å². The van der Waals surface area contributed by atoms with Gasteiger partial charge in [-0.1, -0.05) is 0 Å². The Hall–Kier alpha value is -0.750. The Morgan fingerprint density at radius 3 is 2.29 bits per heavy atom. The van der Waals surface area contributed by atoms with Crippen LogP contribution in [0.2, 0.25) is 0 Å². The lowest BCUT2D eigenvalue weighted by Crippen LogP contribution is -2.52. The van der Waals surface area contributed by atoms with Crippen molar-refractivity contribution in [3.05, 3.63) is 0 Å². The van der Waals surface area contributed by atoms with Crippen LogP contribution in [0.25, 0.3) is 0 Å². The van der Waals surface area contributed by atoms with E-state index in [1.54, 1.807) is 13.8 Å². The third-order valence-corrected chi connectivity index (χ3v) is 2.49. The van der Waals surface area contributed by atoms with E-state index in [2.05, 4.69) is 17.9 Å². The summed E-state index contributed by atoms with van der Waals surface area (Å²) in [6, 6.07) is -0.641. The molecular weight excluding hydrogens is 240 g/mol. The number of nitrogens with one attached hydrogen (secondary N) is 1. The molecule has 5 nitrogen and oxygen atoms in total. The highest BCUT2D eigenvalue weighted by molar-refractivity contribution is 7.80. The average molecular weight is 262 g/mol. The summed E-state index contributed by atoms with van der Waals surface area (Å²) in [7, 11) is 0. The zero-order chi connectivity index (χ0) is 13.6. The number of aliphatic hydroxyl groups is 1. The van der Waals surface area contributed by atoms with E-state index in [0.29, 0.717) is 6.54 Å². The van der Waals surface area contributed by atoms with Crippen molar-refractivity contribution in [3.8, 4) is 0 Å². The summed E-state index contributed by atoms with van der Waals surface area (Å²) in [6.45, 7) is 7.16. The van der Waals surface area contributed by atoms with E-state index in [1.165, 1.54) is 11.8 Å². The molecule has 0 aliphatic heterocycles. The molecule has 6 heteroatoms. The molecular formula is C11H22N2O3S. The van der Waals surface area contributed by atoms with Gasteiger partial charge in [0.05, 0.1) is 5.60 Å². The van der Waals surface area contributed by atoms with Gasteiger partial charge in [0, 0.05) is 25.8 Å². The van der Waals surface area contributed by atoms with Crippen LogP contribution in [0.3, 0.4) is 0 Å². The Morgan fingerprint density at radius 2 is 2.00 bits per heavy atom. The Kier molecular flexibility index (Phi) is 6.56. The third kappa shape index (κ3) is 6.53. The van der Waals surface area contributed by atoms with Gasteiger partial charge in [-0.25, -0.2) is 0 Å². The summed E-state index contributed by atoms with van der Waals surface area (Å²) < 4.78 is 0. The zero-order valence-corrected chi connectivity index (χ0v) is 11.8. The van der Waals surface area contributed by atoms with E-state index >= 15 is 0 Å². The number of carbonyl (C=O) groups excluding carboxylic acids is 2. The molecule has 0 aromatic heterocycles. The van der Waals surface area contributed by atoms with Crippen molar-refractivity contribution in [2.45, 2.75) is 39.3 Å². The molecule has 0 rings (SSSR count). The number of thiol groups is 1. The summed E-state index contributed by atoms with van der Waals surface area (Å²) in [4.78, 5) is 24.5. The lowest BCUT2D eigenvalue weighted by atomic mass is 10.1. The quantitative estimate of drug-likeness (QED) is 0.592. The first-order valence-corrected chi connectivity index (χ1v) is 6.23. The van der Waals surface area contributed by atoms with E-state index in [0.717, 1.165) is 0 Å². The molecule has 0 aliphatic rings. The first-order chi connectivity index (χ1) is 7.71. The summed E-state index contributed by atoms with van der Waals surface area (Å²) in [5, 5.41) is 12.2. The van der Waals surface area contributed by atoms with E-state index in [9.17, 15) is 14.7 Å². The number of nitrogens with zero attached hydrogens (tertiary/aromatic N) is 1. The molecule has 0 radical (unpaired) electrons. The van der Waals surface area contributed by atoms with Crippen molar-refractivity contribution < 1.29 is 14.7 Å². The number of hydrogen-bond donors (Lipinski definition) is 3. The highest BCUT2D eigenvalue weighted by atomic mass is 32.1. The van der Waals surface area contributed by atoms with Gasteiger partial charge in [0.25, 0.3) is 0 Å². The molecule has 0 bridgehead atoms. The van der Waals surface area contributed by atoms with Crippen LogP contribution >= 0.6 is 12.6 Å². The maximum atomic E-state index is 12.1. The molecule has 0 aromatic carbocycles. The first-order valence-electron chi connectivity index (χ1n) is 5.60. The van der Waals surface area contributed by atoms with E-state index in [-0.39, 0.29) is 24.1 Å². The molecule has 1 atom stereocenters. The Bertz CT molecular complexity index is 276. The van der Waals surface area contributed by atoms with Gasteiger partial charge in [0.15, 0.2) is 0 Å². The molecule has 0 saturated heterocycles. The number of carbonyl (C=O) groups is 2. The first kappa shape index (κ1) is 16.2. The maximum Gasteiger partial charge on any atom is 0.246 e. The number of likely N-dealkylation sites (N-methyl/N-ethyl adjacent to an activating group) is 1. The lowest BCUT2D eigenvalue weighted by Gasteiger charge is -2.30. The third-order valence-electron chi connectivity index (χ3n) is 2.13. The van der Waals surface area contributed by atoms with Gasteiger partial charge >= 0.3 is 0 Å². The van der Waals surface area contributed by atoms with E-state index in [1.807, 2.05) is 6.92 Å².